The predicted molar refractivity (Wildman–Crippen MR) is 343 cm³/mol. The van der Waals surface area contributed by atoms with Gasteiger partial charge in [0.2, 0.25) is 5.88 Å². The van der Waals surface area contributed by atoms with Gasteiger partial charge in [0.15, 0.2) is 11.6 Å². The van der Waals surface area contributed by atoms with Crippen LogP contribution in [0, 0.1) is 21.4 Å². The normalized spacial score (nSPS) is 25.5. The number of rotatable bonds is 16. The van der Waals surface area contributed by atoms with Crippen molar-refractivity contribution in [3.05, 3.63) is 118 Å². The lowest BCUT2D eigenvalue weighted by Crippen LogP contribution is -2.60. The summed E-state index contributed by atoms with van der Waals surface area (Å²) in [5, 5.41) is 27.0. The molecular weight excluding hydrogens is 1180 g/mol. The average Bonchev–Trinajstić information content (AvgIpc) is 1.38. The number of carbonyl (C=O) groups is 1. The van der Waals surface area contributed by atoms with Gasteiger partial charge in [0.1, 0.15) is 28.9 Å². The van der Waals surface area contributed by atoms with Crippen LogP contribution in [0.25, 0.3) is 11.0 Å². The van der Waals surface area contributed by atoms with Gasteiger partial charge in [-0.25, -0.2) is 18.1 Å². The highest BCUT2D eigenvalue weighted by Gasteiger charge is 2.51. The molecule has 484 valence electrons. The number of aromatic nitrogens is 3. The van der Waals surface area contributed by atoms with Crippen molar-refractivity contribution >= 4 is 61.2 Å². The number of piperazine rings is 1. The van der Waals surface area contributed by atoms with Crippen LogP contribution in [0.2, 0.25) is 0 Å². The number of anilines is 5. The molecule has 24 heteroatoms. The number of pyridine rings is 2. The van der Waals surface area contributed by atoms with E-state index in [2.05, 4.69) is 83.7 Å². The van der Waals surface area contributed by atoms with E-state index >= 15 is 0 Å². The fraction of sp³-hybridized carbons (Fsp3) is 0.537. The molecule has 6 aliphatic heterocycles. The van der Waals surface area contributed by atoms with Crippen LogP contribution in [0.5, 0.6) is 17.4 Å². The van der Waals surface area contributed by atoms with Gasteiger partial charge in [-0.05, 0) is 150 Å². The molecule has 8 aliphatic rings. The fourth-order valence-electron chi connectivity index (χ4n) is 15.5. The Balaban J connectivity index is 0.718. The summed E-state index contributed by atoms with van der Waals surface area (Å²) in [6.07, 6.45) is 8.72. The zero-order valence-electron chi connectivity index (χ0n) is 52.3. The van der Waals surface area contributed by atoms with Crippen molar-refractivity contribution in [3.8, 4) is 17.4 Å². The van der Waals surface area contributed by atoms with Crippen LogP contribution < -0.4 is 38.9 Å². The second-order valence-corrected chi connectivity index (χ2v) is 28.4. The first-order valence-electron chi connectivity index (χ1n) is 32.5. The Morgan fingerprint density at radius 3 is 2.43 bits per heavy atom. The topological polar surface area (TPSA) is 252 Å². The van der Waals surface area contributed by atoms with Crippen molar-refractivity contribution in [2.24, 2.45) is 11.3 Å². The number of nitrogens with zero attached hydrogens (tertiary/aromatic N) is 8. The van der Waals surface area contributed by atoms with Crippen LogP contribution in [0.4, 0.5) is 34.3 Å². The molecule has 2 saturated carbocycles. The number of hydrogen-bond donors (Lipinski definition) is 4. The summed E-state index contributed by atoms with van der Waals surface area (Å²) in [5.74, 6) is 2.17. The molecule has 4 N–H and O–H groups in total. The van der Waals surface area contributed by atoms with E-state index in [0.29, 0.717) is 87.8 Å². The average molecular weight is 1270 g/mol. The van der Waals surface area contributed by atoms with E-state index in [1.807, 2.05) is 37.4 Å². The molecule has 0 radical (unpaired) electrons. The Kier molecular flexibility index (Phi) is 16.8. The van der Waals surface area contributed by atoms with Crippen molar-refractivity contribution < 1.29 is 51.7 Å². The van der Waals surface area contributed by atoms with Gasteiger partial charge in [-0.3, -0.25) is 24.7 Å². The largest absolute Gasteiger partial charge is 0.493 e. The molecule has 4 saturated heterocycles. The standard InChI is InChI=1S/C67H83N11O12S/c1-42(2)89-59-8-6-5-7-48(59)57-38-75(58-40-88-39-52-50(58)34-60(85-4)63(70-52)74-26-29-86-30-27-74)24-25-76(57)46-35-67(36-46)19-22-73(23-20-67)45-9-11-49(54(32-45)77-53-16-28-87-41-61(53)90-65-56(77)31-44-15-21-68-62(44)71-65)64(79)72-91(83,84)47-10-12-51(55(33-47)78(81)82)69-37-43-13-17-66(3,80)18-14-43/h5-12,15,21,31-34,42-43,46,53,57-58,61,69,80H,13-14,16-20,22-30,35-41H2,1-4H3,(H,68,71)(H,72,79)/t43?,53-,57+,58+,61-,66?/m0/s1. The molecule has 3 aromatic heterocycles. The van der Waals surface area contributed by atoms with Crippen LogP contribution in [0.15, 0.2) is 90.0 Å². The monoisotopic (exact) mass is 1270 g/mol. The molecule has 0 unspecified atom stereocenters. The van der Waals surface area contributed by atoms with Crippen LogP contribution in [-0.4, -0.2) is 172 Å². The lowest BCUT2D eigenvalue weighted by atomic mass is 9.59. The first-order valence-corrected chi connectivity index (χ1v) is 33.9. The minimum Gasteiger partial charge on any atom is -0.493 e. The van der Waals surface area contributed by atoms with Crippen molar-refractivity contribution in [1.82, 2.24) is 29.5 Å². The highest BCUT2D eigenvalue weighted by atomic mass is 32.2. The Labute approximate surface area is 530 Å². The Bertz CT molecular complexity index is 3800. The van der Waals surface area contributed by atoms with E-state index in [-0.39, 0.29) is 53.4 Å². The van der Waals surface area contributed by atoms with Gasteiger partial charge in [-0.15, -0.1) is 0 Å². The van der Waals surface area contributed by atoms with E-state index in [4.69, 9.17) is 38.4 Å². The number of nitro groups is 1. The maximum Gasteiger partial charge on any atom is 0.293 e. The lowest BCUT2D eigenvalue weighted by Gasteiger charge is -2.58. The summed E-state index contributed by atoms with van der Waals surface area (Å²) in [7, 11) is -2.94. The van der Waals surface area contributed by atoms with Crippen LogP contribution in [-0.2, 0) is 30.8 Å². The van der Waals surface area contributed by atoms with Gasteiger partial charge >= 0.3 is 0 Å². The molecule has 6 fully saturated rings. The number of methoxy groups -OCH3 is 1. The zero-order valence-corrected chi connectivity index (χ0v) is 53.1. The smallest absolute Gasteiger partial charge is 0.293 e. The molecule has 23 nitrogen and oxygen atoms in total. The molecule has 3 aromatic carbocycles. The van der Waals surface area contributed by atoms with E-state index < -0.39 is 43.1 Å². The zero-order chi connectivity index (χ0) is 62.8. The van der Waals surface area contributed by atoms with Gasteiger partial charge in [0.05, 0.1) is 96.7 Å². The maximum absolute atomic E-state index is 14.9. The molecule has 9 heterocycles. The highest BCUT2D eigenvalue weighted by molar-refractivity contribution is 7.90. The molecule has 91 heavy (non-hydrogen) atoms. The maximum atomic E-state index is 14.9. The quantitative estimate of drug-likeness (QED) is 0.0521. The number of amides is 1. The minimum atomic E-state index is -4.66. The molecule has 4 atom stereocenters. The Morgan fingerprint density at radius 2 is 1.65 bits per heavy atom. The summed E-state index contributed by atoms with van der Waals surface area (Å²) in [6.45, 7) is 15.0. The van der Waals surface area contributed by atoms with E-state index in [9.17, 15) is 28.4 Å². The number of hydrogen-bond acceptors (Lipinski definition) is 20. The number of carbonyl (C=O) groups excluding carboxylic acids is 1. The third-order valence-electron chi connectivity index (χ3n) is 20.6. The number of nitrogens with one attached hydrogen (secondary N) is 3. The van der Waals surface area contributed by atoms with Gasteiger partial charge in [0, 0.05) is 93.9 Å². The number of aliphatic hydroxyl groups is 1. The number of H-pyrrole nitrogens is 1. The Morgan fingerprint density at radius 1 is 0.846 bits per heavy atom. The number of morpholine rings is 1. The summed E-state index contributed by atoms with van der Waals surface area (Å²) in [6, 6.07) is 24.0. The van der Waals surface area contributed by atoms with Gasteiger partial charge < -0.3 is 58.5 Å². The number of piperidine rings is 1. The van der Waals surface area contributed by atoms with Crippen LogP contribution >= 0.6 is 0 Å². The number of aromatic amines is 1. The molecule has 2 aliphatic carbocycles. The fourth-order valence-corrected chi connectivity index (χ4v) is 16.5. The van der Waals surface area contributed by atoms with Gasteiger partial charge in [-0.1, -0.05) is 18.2 Å². The first kappa shape index (κ1) is 61.2. The second kappa shape index (κ2) is 25.0. The third-order valence-corrected chi connectivity index (χ3v) is 21.9. The molecule has 14 rings (SSSR count). The number of benzene rings is 3. The lowest BCUT2D eigenvalue weighted by molar-refractivity contribution is -0.384. The summed E-state index contributed by atoms with van der Waals surface area (Å²) < 4.78 is 68.2. The molecule has 6 aromatic rings. The predicted octanol–water partition coefficient (Wildman–Crippen LogP) is 9.04. The van der Waals surface area contributed by atoms with Crippen molar-refractivity contribution in [2.75, 3.05) is 113 Å². The first-order chi connectivity index (χ1) is 44.0. The van der Waals surface area contributed by atoms with E-state index in [0.717, 1.165) is 130 Å². The second-order valence-electron chi connectivity index (χ2n) is 26.8. The molecule has 0 bridgehead atoms. The SMILES string of the molecule is COc1cc2c(nc1N1CCOCC1)COC[C@H]2N1CCN(C2CC3(CCN(c4ccc(C(=O)NS(=O)(=O)c5ccc(NCC6CCC(C)(O)CC6)c([N+](=O)[O-])c5)c(N5c6cc7cc[nH]c7nc6O[C@H]6COCC[C@@H]65)c4)CC3)C2)[C@@H](c2ccccc2OC(C)C)C1. The van der Waals surface area contributed by atoms with Crippen LogP contribution in [0.1, 0.15) is 118 Å². The van der Waals surface area contributed by atoms with Crippen molar-refractivity contribution in [1.29, 1.82) is 0 Å². The molecule has 1 spiro atoms. The number of fused-ring (bicyclic) bond motifs is 4. The van der Waals surface area contributed by atoms with Gasteiger partial charge in [0.25, 0.3) is 21.6 Å². The molecular formula is C67H83N11O12S. The third kappa shape index (κ3) is 12.2. The van der Waals surface area contributed by atoms with Gasteiger partial charge in [-0.2, -0.15) is 4.98 Å². The van der Waals surface area contributed by atoms with E-state index in [1.54, 1.807) is 13.2 Å². The van der Waals surface area contributed by atoms with Crippen molar-refractivity contribution in [3.63, 3.8) is 0 Å². The van der Waals surface area contributed by atoms with Crippen molar-refractivity contribution in [2.45, 2.75) is 132 Å². The highest BCUT2D eigenvalue weighted by Crippen LogP contribution is 2.55. The summed E-state index contributed by atoms with van der Waals surface area (Å²) in [4.78, 5) is 51.7. The summed E-state index contributed by atoms with van der Waals surface area (Å²) >= 11 is 0. The minimum absolute atomic E-state index is 0.000479. The Hall–Kier alpha value is -7.32. The molecule has 1 amide bonds. The number of nitro benzene ring substituents is 1. The van der Waals surface area contributed by atoms with Crippen LogP contribution in [0.3, 0.4) is 0 Å². The summed E-state index contributed by atoms with van der Waals surface area (Å²) in [5.41, 5.74) is 5.17. The van der Waals surface area contributed by atoms with E-state index in [1.165, 1.54) is 17.7 Å². The number of ether oxygens (including phenoxy) is 6. The number of para-hydroxylation sites is 1. The number of sulfonamides is 1.